The molecule has 1 unspecified atom stereocenters. The fourth-order valence-electron chi connectivity index (χ4n) is 1.94. The number of hydrogen-bond acceptors (Lipinski definition) is 3. The second-order valence-corrected chi connectivity index (χ2v) is 5.97. The highest BCUT2D eigenvalue weighted by Crippen LogP contribution is 2.34. The van der Waals surface area contributed by atoms with E-state index in [1.54, 1.807) is 6.92 Å². The van der Waals surface area contributed by atoms with Gasteiger partial charge in [-0.1, -0.05) is 26.8 Å². The van der Waals surface area contributed by atoms with Gasteiger partial charge in [-0.25, -0.2) is 0 Å². The van der Waals surface area contributed by atoms with Crippen LogP contribution in [0.25, 0.3) is 0 Å². The van der Waals surface area contributed by atoms with Crippen LogP contribution in [-0.2, 0) is 11.2 Å². The van der Waals surface area contributed by atoms with Crippen molar-refractivity contribution >= 4 is 5.97 Å². The molecule has 1 aliphatic rings. The Balaban J connectivity index is 2.16. The van der Waals surface area contributed by atoms with Crippen LogP contribution in [0.2, 0.25) is 0 Å². The van der Waals surface area contributed by atoms with E-state index in [0.717, 1.165) is 11.3 Å². The molecule has 0 radical (unpaired) electrons. The molecule has 4 nitrogen and oxygen atoms in total. The number of carbonyl (C=O) groups is 1. The van der Waals surface area contributed by atoms with Crippen molar-refractivity contribution < 1.29 is 19.4 Å². The van der Waals surface area contributed by atoms with E-state index >= 15 is 0 Å². The molecule has 0 spiro atoms. The lowest BCUT2D eigenvalue weighted by molar-refractivity contribution is -0.141. The van der Waals surface area contributed by atoms with Crippen molar-refractivity contribution in [1.29, 1.82) is 0 Å². The predicted octanol–water partition coefficient (Wildman–Crippen LogP) is 2.75. The molecule has 19 heavy (non-hydrogen) atoms. The molecule has 1 heterocycles. The average molecular weight is 264 g/mol. The van der Waals surface area contributed by atoms with E-state index in [1.165, 1.54) is 0 Å². The summed E-state index contributed by atoms with van der Waals surface area (Å²) in [5.74, 6) is 0.257. The third kappa shape index (κ3) is 3.40. The molecule has 1 atom stereocenters. The molecule has 0 aromatic heterocycles. The van der Waals surface area contributed by atoms with E-state index in [1.807, 2.05) is 18.2 Å². The zero-order chi connectivity index (χ0) is 14.0. The van der Waals surface area contributed by atoms with Gasteiger partial charge in [0.15, 0.2) is 11.5 Å². The Hall–Kier alpha value is -1.71. The van der Waals surface area contributed by atoms with Crippen LogP contribution in [0.15, 0.2) is 18.2 Å². The van der Waals surface area contributed by atoms with Crippen LogP contribution in [0.5, 0.6) is 11.5 Å². The van der Waals surface area contributed by atoms with Crippen LogP contribution in [0.1, 0.15) is 26.3 Å². The van der Waals surface area contributed by atoms with Gasteiger partial charge in [0.1, 0.15) is 0 Å². The highest BCUT2D eigenvalue weighted by molar-refractivity contribution is 5.70. The first-order chi connectivity index (χ1) is 8.87. The van der Waals surface area contributed by atoms with Crippen molar-refractivity contribution in [1.82, 2.24) is 0 Å². The standard InChI is InChI=1S/C15H20O4/c1-10(14(16)17)6-11-4-5-12-13(7-11)19-9-15(2,3)8-18-12/h4-5,7,10H,6,8-9H2,1-3H3,(H,16,17). The summed E-state index contributed by atoms with van der Waals surface area (Å²) in [5, 5.41) is 8.94. The molecule has 1 N–H and O–H groups in total. The van der Waals surface area contributed by atoms with Gasteiger partial charge in [-0.2, -0.15) is 0 Å². The van der Waals surface area contributed by atoms with Crippen molar-refractivity contribution in [2.24, 2.45) is 11.3 Å². The third-order valence-electron chi connectivity index (χ3n) is 3.21. The van der Waals surface area contributed by atoms with Gasteiger partial charge in [0.05, 0.1) is 19.1 Å². The van der Waals surface area contributed by atoms with E-state index in [0.29, 0.717) is 25.4 Å². The van der Waals surface area contributed by atoms with Gasteiger partial charge in [-0.05, 0) is 24.1 Å². The maximum atomic E-state index is 10.9. The number of rotatable bonds is 3. The summed E-state index contributed by atoms with van der Waals surface area (Å²) in [6, 6.07) is 5.65. The second kappa shape index (κ2) is 5.11. The predicted molar refractivity (Wildman–Crippen MR) is 71.7 cm³/mol. The Morgan fingerprint density at radius 1 is 1.32 bits per heavy atom. The Morgan fingerprint density at radius 3 is 2.58 bits per heavy atom. The lowest BCUT2D eigenvalue weighted by atomic mass is 9.97. The smallest absolute Gasteiger partial charge is 0.306 e. The van der Waals surface area contributed by atoms with E-state index in [4.69, 9.17) is 14.6 Å². The molecule has 1 aliphatic heterocycles. The van der Waals surface area contributed by atoms with Gasteiger partial charge in [0.2, 0.25) is 0 Å². The van der Waals surface area contributed by atoms with E-state index in [2.05, 4.69) is 13.8 Å². The van der Waals surface area contributed by atoms with E-state index in [9.17, 15) is 4.79 Å². The van der Waals surface area contributed by atoms with Gasteiger partial charge in [0.25, 0.3) is 0 Å². The number of hydrogen-bond donors (Lipinski definition) is 1. The molecule has 0 aliphatic carbocycles. The molecule has 0 amide bonds. The molecule has 0 fully saturated rings. The van der Waals surface area contributed by atoms with Crippen LogP contribution >= 0.6 is 0 Å². The summed E-state index contributed by atoms with van der Waals surface area (Å²) in [6.45, 7) is 7.09. The monoisotopic (exact) mass is 264 g/mol. The number of carboxylic acid groups (broad SMARTS) is 1. The molecular weight excluding hydrogens is 244 g/mol. The molecule has 2 rings (SSSR count). The summed E-state index contributed by atoms with van der Waals surface area (Å²) < 4.78 is 11.5. The normalized spacial score (nSPS) is 18.5. The lowest BCUT2D eigenvalue weighted by Crippen LogP contribution is -2.26. The Morgan fingerprint density at radius 2 is 1.95 bits per heavy atom. The Bertz CT molecular complexity index is 479. The zero-order valence-corrected chi connectivity index (χ0v) is 11.6. The van der Waals surface area contributed by atoms with Crippen LogP contribution in [-0.4, -0.2) is 24.3 Å². The SMILES string of the molecule is CC(Cc1ccc2c(c1)OCC(C)(C)CO2)C(=O)O. The number of fused-ring (bicyclic) bond motifs is 1. The van der Waals surface area contributed by atoms with Crippen molar-refractivity contribution in [3.8, 4) is 11.5 Å². The maximum Gasteiger partial charge on any atom is 0.306 e. The molecular formula is C15H20O4. The fraction of sp³-hybridized carbons (Fsp3) is 0.533. The number of carboxylic acids is 1. The molecule has 1 aromatic carbocycles. The highest BCUT2D eigenvalue weighted by atomic mass is 16.5. The maximum absolute atomic E-state index is 10.9. The van der Waals surface area contributed by atoms with E-state index in [-0.39, 0.29) is 5.41 Å². The highest BCUT2D eigenvalue weighted by Gasteiger charge is 2.25. The molecule has 0 saturated carbocycles. The summed E-state index contributed by atoms with van der Waals surface area (Å²) in [6.07, 6.45) is 0.495. The summed E-state index contributed by atoms with van der Waals surface area (Å²) in [5.41, 5.74) is 0.935. The van der Waals surface area contributed by atoms with Crippen molar-refractivity contribution in [2.45, 2.75) is 27.2 Å². The first kappa shape index (κ1) is 13.7. The molecule has 4 heteroatoms. The largest absolute Gasteiger partial charge is 0.489 e. The minimum absolute atomic E-state index is 0.0203. The quantitative estimate of drug-likeness (QED) is 0.912. The molecule has 0 saturated heterocycles. The fourth-order valence-corrected chi connectivity index (χ4v) is 1.94. The van der Waals surface area contributed by atoms with Gasteiger partial charge in [-0.3, -0.25) is 4.79 Å². The third-order valence-corrected chi connectivity index (χ3v) is 3.21. The van der Waals surface area contributed by atoms with Gasteiger partial charge >= 0.3 is 5.97 Å². The van der Waals surface area contributed by atoms with Crippen LogP contribution in [0.3, 0.4) is 0 Å². The van der Waals surface area contributed by atoms with Crippen molar-refractivity contribution in [3.63, 3.8) is 0 Å². The topological polar surface area (TPSA) is 55.8 Å². The minimum atomic E-state index is -0.784. The lowest BCUT2D eigenvalue weighted by Gasteiger charge is -2.19. The van der Waals surface area contributed by atoms with E-state index < -0.39 is 11.9 Å². The van der Waals surface area contributed by atoms with Crippen LogP contribution in [0.4, 0.5) is 0 Å². The Labute approximate surface area is 113 Å². The number of benzene rings is 1. The Kier molecular flexibility index (Phi) is 3.69. The number of aliphatic carboxylic acids is 1. The van der Waals surface area contributed by atoms with Crippen LogP contribution in [0, 0.1) is 11.3 Å². The van der Waals surface area contributed by atoms with Gasteiger partial charge in [-0.15, -0.1) is 0 Å². The van der Waals surface area contributed by atoms with Crippen molar-refractivity contribution in [3.05, 3.63) is 23.8 Å². The van der Waals surface area contributed by atoms with Crippen molar-refractivity contribution in [2.75, 3.05) is 13.2 Å². The van der Waals surface area contributed by atoms with Crippen LogP contribution < -0.4 is 9.47 Å². The second-order valence-electron chi connectivity index (χ2n) is 5.97. The zero-order valence-electron chi connectivity index (χ0n) is 11.6. The first-order valence-corrected chi connectivity index (χ1v) is 6.49. The molecule has 0 bridgehead atoms. The summed E-state index contributed by atoms with van der Waals surface area (Å²) in [7, 11) is 0. The number of ether oxygens (including phenoxy) is 2. The van der Waals surface area contributed by atoms with Gasteiger partial charge in [0, 0.05) is 5.41 Å². The molecule has 104 valence electrons. The first-order valence-electron chi connectivity index (χ1n) is 6.49. The average Bonchev–Trinajstić information content (AvgIpc) is 2.49. The molecule has 1 aromatic rings. The minimum Gasteiger partial charge on any atom is -0.489 e. The summed E-state index contributed by atoms with van der Waals surface area (Å²) in [4.78, 5) is 10.9. The summed E-state index contributed by atoms with van der Waals surface area (Å²) >= 11 is 0. The van der Waals surface area contributed by atoms with Gasteiger partial charge < -0.3 is 14.6 Å².